The molecular formula is C26H49N. The molecule has 158 valence electrons. The van der Waals surface area contributed by atoms with Crippen LogP contribution in [0.2, 0.25) is 0 Å². The molecule has 1 nitrogen and oxygen atoms in total. The van der Waals surface area contributed by atoms with Crippen LogP contribution in [0.25, 0.3) is 0 Å². The van der Waals surface area contributed by atoms with Gasteiger partial charge >= 0.3 is 0 Å². The minimum absolute atomic E-state index is 0.844. The molecule has 3 aliphatic rings. The van der Waals surface area contributed by atoms with Crippen LogP contribution in [-0.4, -0.2) is 12.6 Å². The van der Waals surface area contributed by atoms with Crippen LogP contribution in [0.15, 0.2) is 0 Å². The summed E-state index contributed by atoms with van der Waals surface area (Å²) in [6, 6.07) is 0.844. The van der Waals surface area contributed by atoms with E-state index in [1.54, 1.807) is 0 Å². The summed E-state index contributed by atoms with van der Waals surface area (Å²) < 4.78 is 0. The SMILES string of the molecule is C1CCCCCC(C2CCCCCCC3CCCCCCNC32)CCCC1. The topological polar surface area (TPSA) is 12.0 Å². The standard InChI is InChI=1S/C26H49N/c1-2-4-6-12-18-23(17-11-5-3-1)25-21-15-8-7-13-19-24-20-14-9-10-16-22-27-26(24)25/h23-27H,1-22H2. The van der Waals surface area contributed by atoms with E-state index in [0.29, 0.717) is 0 Å². The first-order valence-corrected chi connectivity index (χ1v) is 13.2. The van der Waals surface area contributed by atoms with E-state index in [1.807, 2.05) is 0 Å². The van der Waals surface area contributed by atoms with Crippen molar-refractivity contribution in [2.24, 2.45) is 17.8 Å². The molecule has 0 bridgehead atoms. The Morgan fingerprint density at radius 1 is 0.370 bits per heavy atom. The van der Waals surface area contributed by atoms with Crippen LogP contribution in [0.3, 0.4) is 0 Å². The van der Waals surface area contributed by atoms with Crippen molar-refractivity contribution in [2.75, 3.05) is 6.54 Å². The number of rotatable bonds is 1. The monoisotopic (exact) mass is 375 g/mol. The van der Waals surface area contributed by atoms with Crippen molar-refractivity contribution in [3.63, 3.8) is 0 Å². The van der Waals surface area contributed by atoms with Crippen molar-refractivity contribution in [1.29, 1.82) is 0 Å². The van der Waals surface area contributed by atoms with Crippen LogP contribution in [0, 0.1) is 17.8 Å². The van der Waals surface area contributed by atoms with Gasteiger partial charge in [0.15, 0.2) is 0 Å². The molecule has 0 amide bonds. The fourth-order valence-corrected chi connectivity index (χ4v) is 6.62. The Balaban J connectivity index is 1.72. The van der Waals surface area contributed by atoms with Crippen LogP contribution in [-0.2, 0) is 0 Å². The minimum Gasteiger partial charge on any atom is -0.313 e. The fraction of sp³-hybridized carbons (Fsp3) is 1.00. The Bertz CT molecular complexity index is 349. The molecule has 0 spiro atoms. The molecule has 1 heteroatoms. The van der Waals surface area contributed by atoms with E-state index >= 15 is 0 Å². The van der Waals surface area contributed by atoms with Crippen LogP contribution in [0.5, 0.6) is 0 Å². The van der Waals surface area contributed by atoms with Gasteiger partial charge in [-0.05, 0) is 50.0 Å². The Kier molecular flexibility index (Phi) is 10.6. The van der Waals surface area contributed by atoms with E-state index < -0.39 is 0 Å². The third-order valence-corrected chi connectivity index (χ3v) is 8.22. The molecule has 3 fully saturated rings. The molecule has 3 unspecified atom stereocenters. The quantitative estimate of drug-likeness (QED) is 0.489. The largest absolute Gasteiger partial charge is 0.313 e. The summed E-state index contributed by atoms with van der Waals surface area (Å²) in [7, 11) is 0. The summed E-state index contributed by atoms with van der Waals surface area (Å²) in [6.45, 7) is 1.30. The summed E-state index contributed by atoms with van der Waals surface area (Å²) in [4.78, 5) is 0. The molecule has 2 saturated carbocycles. The van der Waals surface area contributed by atoms with Gasteiger partial charge in [0, 0.05) is 6.04 Å². The van der Waals surface area contributed by atoms with Gasteiger partial charge in [-0.2, -0.15) is 0 Å². The molecule has 1 saturated heterocycles. The highest BCUT2D eigenvalue weighted by Gasteiger charge is 2.34. The molecule has 1 N–H and O–H groups in total. The van der Waals surface area contributed by atoms with Gasteiger partial charge in [0.1, 0.15) is 0 Å². The van der Waals surface area contributed by atoms with Crippen molar-refractivity contribution in [3.8, 4) is 0 Å². The predicted octanol–water partition coefficient (Wildman–Crippen LogP) is 8.03. The molecule has 3 rings (SSSR count). The highest BCUT2D eigenvalue weighted by atomic mass is 14.9. The smallest absolute Gasteiger partial charge is 0.0126 e. The number of fused-ring (bicyclic) bond motifs is 1. The zero-order valence-electron chi connectivity index (χ0n) is 18.4. The van der Waals surface area contributed by atoms with Gasteiger partial charge in [-0.25, -0.2) is 0 Å². The Morgan fingerprint density at radius 2 is 0.778 bits per heavy atom. The van der Waals surface area contributed by atoms with Gasteiger partial charge in [0.05, 0.1) is 0 Å². The lowest BCUT2D eigenvalue weighted by Gasteiger charge is -2.39. The predicted molar refractivity (Wildman–Crippen MR) is 119 cm³/mol. The molecule has 27 heavy (non-hydrogen) atoms. The lowest BCUT2D eigenvalue weighted by molar-refractivity contribution is 0.150. The van der Waals surface area contributed by atoms with Crippen LogP contribution >= 0.6 is 0 Å². The van der Waals surface area contributed by atoms with E-state index in [4.69, 9.17) is 0 Å². The maximum atomic E-state index is 4.18. The fourth-order valence-electron chi connectivity index (χ4n) is 6.62. The first-order chi connectivity index (χ1) is 13.4. The lowest BCUT2D eigenvalue weighted by Crippen LogP contribution is -2.45. The van der Waals surface area contributed by atoms with E-state index in [0.717, 1.165) is 23.8 Å². The lowest BCUT2D eigenvalue weighted by atomic mass is 9.72. The van der Waals surface area contributed by atoms with Crippen molar-refractivity contribution in [1.82, 2.24) is 5.32 Å². The maximum absolute atomic E-state index is 4.18. The van der Waals surface area contributed by atoms with Crippen LogP contribution in [0.1, 0.15) is 135 Å². The zero-order chi connectivity index (χ0) is 18.6. The van der Waals surface area contributed by atoms with Gasteiger partial charge in [-0.15, -0.1) is 0 Å². The third-order valence-electron chi connectivity index (χ3n) is 8.22. The van der Waals surface area contributed by atoms with E-state index in [9.17, 15) is 0 Å². The van der Waals surface area contributed by atoms with E-state index in [1.165, 1.54) is 141 Å². The van der Waals surface area contributed by atoms with E-state index in [2.05, 4.69) is 5.32 Å². The van der Waals surface area contributed by atoms with Gasteiger partial charge in [-0.1, -0.05) is 109 Å². The number of hydrogen-bond donors (Lipinski definition) is 1. The average molecular weight is 376 g/mol. The molecular weight excluding hydrogens is 326 g/mol. The minimum atomic E-state index is 0.844. The molecule has 2 aliphatic carbocycles. The summed E-state index contributed by atoms with van der Waals surface area (Å²) >= 11 is 0. The highest BCUT2D eigenvalue weighted by molar-refractivity contribution is 4.89. The first kappa shape index (κ1) is 21.7. The second-order valence-electron chi connectivity index (χ2n) is 10.3. The highest BCUT2D eigenvalue weighted by Crippen LogP contribution is 2.39. The number of nitrogens with one attached hydrogen (secondary N) is 1. The molecule has 1 aliphatic heterocycles. The summed E-state index contributed by atoms with van der Waals surface area (Å²) in [5.74, 6) is 2.97. The zero-order valence-corrected chi connectivity index (χ0v) is 18.4. The summed E-state index contributed by atoms with van der Waals surface area (Å²) in [5.41, 5.74) is 0. The van der Waals surface area contributed by atoms with Crippen molar-refractivity contribution < 1.29 is 0 Å². The summed E-state index contributed by atoms with van der Waals surface area (Å²) in [5, 5.41) is 4.18. The molecule has 3 atom stereocenters. The Hall–Kier alpha value is -0.0400. The van der Waals surface area contributed by atoms with Crippen molar-refractivity contribution >= 4 is 0 Å². The van der Waals surface area contributed by atoms with Crippen molar-refractivity contribution in [2.45, 2.75) is 141 Å². The average Bonchev–Trinajstić information content (AvgIpc) is 2.81. The van der Waals surface area contributed by atoms with Gasteiger partial charge < -0.3 is 5.32 Å². The second kappa shape index (κ2) is 13.2. The Labute approximate surface area is 170 Å². The Morgan fingerprint density at radius 3 is 1.33 bits per heavy atom. The first-order valence-electron chi connectivity index (χ1n) is 13.2. The maximum Gasteiger partial charge on any atom is 0.0126 e. The van der Waals surface area contributed by atoms with Crippen LogP contribution in [0.4, 0.5) is 0 Å². The molecule has 0 aromatic heterocycles. The second-order valence-corrected chi connectivity index (χ2v) is 10.3. The summed E-state index contributed by atoms with van der Waals surface area (Å²) in [6.07, 6.45) is 31.5. The molecule has 0 aromatic rings. The normalized spacial score (nSPS) is 34.4. The van der Waals surface area contributed by atoms with Gasteiger partial charge in [-0.3, -0.25) is 0 Å². The molecule has 0 aromatic carbocycles. The molecule has 0 radical (unpaired) electrons. The van der Waals surface area contributed by atoms with Gasteiger partial charge in [0.25, 0.3) is 0 Å². The number of hydrogen-bond acceptors (Lipinski definition) is 1. The van der Waals surface area contributed by atoms with Crippen LogP contribution < -0.4 is 5.32 Å². The molecule has 1 heterocycles. The van der Waals surface area contributed by atoms with Crippen molar-refractivity contribution in [3.05, 3.63) is 0 Å². The third kappa shape index (κ3) is 7.71. The van der Waals surface area contributed by atoms with Gasteiger partial charge in [0.2, 0.25) is 0 Å². The van der Waals surface area contributed by atoms with E-state index in [-0.39, 0.29) is 0 Å².